The summed E-state index contributed by atoms with van der Waals surface area (Å²) in [7, 11) is 0. The predicted octanol–water partition coefficient (Wildman–Crippen LogP) is 4.16. The highest BCUT2D eigenvalue weighted by atomic mass is 19.1. The molecule has 1 aliphatic heterocycles. The van der Waals surface area contributed by atoms with Crippen LogP contribution in [0.25, 0.3) is 0 Å². The van der Waals surface area contributed by atoms with Crippen molar-refractivity contribution in [2.75, 3.05) is 6.54 Å². The molecule has 1 saturated heterocycles. The first-order chi connectivity index (χ1) is 13.5. The molecule has 3 heterocycles. The van der Waals surface area contributed by atoms with Crippen molar-refractivity contribution in [1.82, 2.24) is 19.7 Å². The molecule has 3 aromatic rings. The molecule has 0 aliphatic carbocycles. The minimum Gasteiger partial charge on any atom is -0.443 e. The van der Waals surface area contributed by atoms with E-state index < -0.39 is 0 Å². The molecule has 1 atom stereocenters. The van der Waals surface area contributed by atoms with Crippen molar-refractivity contribution in [3.8, 4) is 0 Å². The summed E-state index contributed by atoms with van der Waals surface area (Å²) in [6.45, 7) is 4.67. The molecule has 146 valence electrons. The molecular formula is C21H23FN4O2. The molecule has 2 aromatic heterocycles. The predicted molar refractivity (Wildman–Crippen MR) is 101 cm³/mol. The van der Waals surface area contributed by atoms with E-state index in [1.807, 2.05) is 18.7 Å². The average Bonchev–Trinajstić information content (AvgIpc) is 3.43. The lowest BCUT2D eigenvalue weighted by molar-refractivity contribution is 0.0700. The van der Waals surface area contributed by atoms with Gasteiger partial charge in [-0.1, -0.05) is 12.1 Å². The van der Waals surface area contributed by atoms with Crippen molar-refractivity contribution in [2.24, 2.45) is 0 Å². The lowest BCUT2D eigenvalue weighted by Gasteiger charge is -2.23. The van der Waals surface area contributed by atoms with Crippen LogP contribution in [0, 0.1) is 5.82 Å². The minimum absolute atomic E-state index is 0.0491. The van der Waals surface area contributed by atoms with Crippen LogP contribution >= 0.6 is 0 Å². The maximum atomic E-state index is 13.1. The van der Waals surface area contributed by atoms with Gasteiger partial charge in [-0.25, -0.2) is 9.37 Å². The Hall–Kier alpha value is -2.96. The molecule has 0 spiro atoms. The second kappa shape index (κ2) is 7.58. The molecule has 0 saturated carbocycles. The number of nitrogens with zero attached hydrogens (tertiary/aromatic N) is 4. The van der Waals surface area contributed by atoms with E-state index in [1.54, 1.807) is 35.3 Å². The summed E-state index contributed by atoms with van der Waals surface area (Å²) < 4.78 is 20.8. The van der Waals surface area contributed by atoms with E-state index in [-0.39, 0.29) is 23.8 Å². The molecule has 28 heavy (non-hydrogen) atoms. The van der Waals surface area contributed by atoms with Gasteiger partial charge in [-0.2, -0.15) is 5.10 Å². The fraction of sp³-hybridized carbons (Fsp3) is 0.381. The molecule has 1 amide bonds. The van der Waals surface area contributed by atoms with Crippen LogP contribution in [0.2, 0.25) is 0 Å². The van der Waals surface area contributed by atoms with E-state index in [4.69, 9.17) is 4.42 Å². The number of halogens is 1. The van der Waals surface area contributed by atoms with Gasteiger partial charge >= 0.3 is 0 Å². The normalized spacial score (nSPS) is 16.9. The summed E-state index contributed by atoms with van der Waals surface area (Å²) in [5, 5.41) is 4.27. The molecule has 1 aliphatic rings. The van der Waals surface area contributed by atoms with Crippen LogP contribution in [-0.2, 0) is 6.42 Å². The van der Waals surface area contributed by atoms with Gasteiger partial charge in [0.25, 0.3) is 5.91 Å². The lowest BCUT2D eigenvalue weighted by atomic mass is 10.1. The summed E-state index contributed by atoms with van der Waals surface area (Å²) in [4.78, 5) is 19.4. The van der Waals surface area contributed by atoms with E-state index >= 15 is 0 Å². The fourth-order valence-electron chi connectivity index (χ4n) is 3.67. The lowest BCUT2D eigenvalue weighted by Crippen LogP contribution is -2.32. The third-order valence-electron chi connectivity index (χ3n) is 5.04. The Balaban J connectivity index is 1.52. The number of hydrogen-bond donors (Lipinski definition) is 0. The maximum Gasteiger partial charge on any atom is 0.272 e. The molecule has 6 nitrogen and oxygen atoms in total. The highest BCUT2D eigenvalue weighted by Gasteiger charge is 2.35. The van der Waals surface area contributed by atoms with Crippen molar-refractivity contribution >= 4 is 5.91 Å². The van der Waals surface area contributed by atoms with Gasteiger partial charge < -0.3 is 9.32 Å². The molecule has 1 fully saturated rings. The monoisotopic (exact) mass is 382 g/mol. The second-order valence-corrected chi connectivity index (χ2v) is 7.38. The van der Waals surface area contributed by atoms with E-state index in [0.29, 0.717) is 30.3 Å². The van der Waals surface area contributed by atoms with Crippen molar-refractivity contribution in [3.63, 3.8) is 0 Å². The van der Waals surface area contributed by atoms with Crippen LogP contribution in [0.5, 0.6) is 0 Å². The van der Waals surface area contributed by atoms with E-state index in [2.05, 4.69) is 10.1 Å². The molecule has 7 heteroatoms. The standard InChI is InChI=1S/C21H23FN4O2/c1-14(2)26-19(9-10-24-26)21(27)25-11-3-4-18(25)20-23-13-17(28-20)12-15-5-7-16(22)8-6-15/h5-10,13-14,18H,3-4,11-12H2,1-2H3/t18-/m1/s1. The number of carbonyl (C=O) groups excluding carboxylic acids is 1. The minimum atomic E-state index is -0.261. The van der Waals surface area contributed by atoms with Crippen LogP contribution in [0.3, 0.4) is 0 Å². The summed E-state index contributed by atoms with van der Waals surface area (Å²) in [5.74, 6) is 0.946. The molecule has 1 aromatic carbocycles. The number of oxazole rings is 1. The summed E-state index contributed by atoms with van der Waals surface area (Å²) in [6, 6.07) is 8.02. The highest BCUT2D eigenvalue weighted by Crippen LogP contribution is 2.33. The number of benzene rings is 1. The van der Waals surface area contributed by atoms with Gasteiger partial charge in [0.05, 0.1) is 6.20 Å². The quantitative estimate of drug-likeness (QED) is 0.665. The van der Waals surface area contributed by atoms with Crippen LogP contribution in [-0.4, -0.2) is 32.1 Å². The van der Waals surface area contributed by atoms with Crippen LogP contribution in [0.1, 0.15) is 66.5 Å². The highest BCUT2D eigenvalue weighted by molar-refractivity contribution is 5.93. The number of aromatic nitrogens is 3. The first-order valence-electron chi connectivity index (χ1n) is 9.56. The van der Waals surface area contributed by atoms with Gasteiger partial charge in [0.2, 0.25) is 5.89 Å². The number of carbonyl (C=O) groups is 1. The Kier molecular flexibility index (Phi) is 4.98. The first-order valence-corrected chi connectivity index (χ1v) is 9.56. The Morgan fingerprint density at radius 2 is 2.07 bits per heavy atom. The molecule has 4 rings (SSSR count). The zero-order valence-corrected chi connectivity index (χ0v) is 16.0. The largest absolute Gasteiger partial charge is 0.443 e. The van der Waals surface area contributed by atoms with Gasteiger partial charge in [-0.15, -0.1) is 0 Å². The maximum absolute atomic E-state index is 13.1. The Labute approximate surface area is 163 Å². The Bertz CT molecular complexity index is 961. The number of rotatable bonds is 5. The summed E-state index contributed by atoms with van der Waals surface area (Å²) in [6.07, 6.45) is 5.61. The summed E-state index contributed by atoms with van der Waals surface area (Å²) >= 11 is 0. The van der Waals surface area contributed by atoms with E-state index in [9.17, 15) is 9.18 Å². The molecule has 0 unspecified atom stereocenters. The third-order valence-corrected chi connectivity index (χ3v) is 5.04. The first kappa shape index (κ1) is 18.4. The van der Waals surface area contributed by atoms with Crippen LogP contribution in [0.4, 0.5) is 4.39 Å². The van der Waals surface area contributed by atoms with Crippen LogP contribution in [0.15, 0.2) is 47.1 Å². The van der Waals surface area contributed by atoms with Gasteiger partial charge in [-0.05, 0) is 50.5 Å². The van der Waals surface area contributed by atoms with Crippen molar-refractivity contribution in [3.05, 3.63) is 71.5 Å². The third kappa shape index (κ3) is 3.56. The van der Waals surface area contributed by atoms with Crippen LogP contribution < -0.4 is 0 Å². The number of hydrogen-bond acceptors (Lipinski definition) is 4. The molecule has 0 radical (unpaired) electrons. The van der Waals surface area contributed by atoms with Gasteiger partial charge in [-0.3, -0.25) is 9.48 Å². The zero-order chi connectivity index (χ0) is 19.7. The second-order valence-electron chi connectivity index (χ2n) is 7.38. The number of likely N-dealkylation sites (tertiary alicyclic amines) is 1. The van der Waals surface area contributed by atoms with E-state index in [1.165, 1.54) is 12.1 Å². The fourth-order valence-corrected chi connectivity index (χ4v) is 3.67. The van der Waals surface area contributed by atoms with Gasteiger partial charge in [0.15, 0.2) is 0 Å². The van der Waals surface area contributed by atoms with Gasteiger partial charge in [0.1, 0.15) is 23.3 Å². The molecule has 0 bridgehead atoms. The zero-order valence-electron chi connectivity index (χ0n) is 16.0. The van der Waals surface area contributed by atoms with E-state index in [0.717, 1.165) is 18.4 Å². The summed E-state index contributed by atoms with van der Waals surface area (Å²) in [5.41, 5.74) is 1.53. The van der Waals surface area contributed by atoms with Gasteiger partial charge in [0, 0.05) is 25.2 Å². The average molecular weight is 382 g/mol. The Morgan fingerprint density at radius 3 is 2.82 bits per heavy atom. The van der Waals surface area contributed by atoms with Crippen molar-refractivity contribution < 1.29 is 13.6 Å². The smallest absolute Gasteiger partial charge is 0.272 e. The van der Waals surface area contributed by atoms with Crippen molar-refractivity contribution in [1.29, 1.82) is 0 Å². The molecule has 0 N–H and O–H groups in total. The van der Waals surface area contributed by atoms with Crippen molar-refractivity contribution in [2.45, 2.75) is 45.2 Å². The number of amides is 1. The Morgan fingerprint density at radius 1 is 1.29 bits per heavy atom. The molecular weight excluding hydrogens is 359 g/mol. The topological polar surface area (TPSA) is 64.2 Å². The SMILES string of the molecule is CC(C)n1nccc1C(=O)N1CCC[C@@H]1c1ncc(Cc2ccc(F)cc2)o1.